The van der Waals surface area contributed by atoms with Gasteiger partial charge in [0.15, 0.2) is 0 Å². The molecular formula is C25H31BFN3O. The van der Waals surface area contributed by atoms with Crippen LogP contribution >= 0.6 is 0 Å². The monoisotopic (exact) mass is 419 g/mol. The van der Waals surface area contributed by atoms with Gasteiger partial charge in [-0.2, -0.15) is 0 Å². The molecule has 4 nitrogen and oxygen atoms in total. The first-order chi connectivity index (χ1) is 15.0. The summed E-state index contributed by atoms with van der Waals surface area (Å²) in [6.45, 7) is 2.94. The largest absolute Gasteiger partial charge is 0.298 e. The summed E-state index contributed by atoms with van der Waals surface area (Å²) in [5, 5.41) is 0. The number of halogens is 1. The standard InChI is InChI=1S/C25H31BFN3O/c1-28-23(24(26)25(31)30(28)22-11-3-2-4-12-22)18-29-15-13-19(14-16-29)7-5-8-20-9-6-10-21(27)17-20/h2-4,6,9-12,17,19H,5,7-8,13-16,18,26H2,1H3. The summed E-state index contributed by atoms with van der Waals surface area (Å²) in [5.74, 6) is 0.597. The number of aryl methyl sites for hydroxylation is 1. The minimum absolute atomic E-state index is 0.0657. The Balaban J connectivity index is 1.32. The van der Waals surface area contributed by atoms with E-state index in [9.17, 15) is 9.18 Å². The number of aromatic nitrogens is 2. The number of piperidine rings is 1. The fourth-order valence-electron chi connectivity index (χ4n) is 4.79. The second kappa shape index (κ2) is 9.69. The molecule has 0 unspecified atom stereocenters. The van der Waals surface area contributed by atoms with Crippen LogP contribution in [0.3, 0.4) is 0 Å². The maximum Gasteiger partial charge on any atom is 0.265 e. The van der Waals surface area contributed by atoms with Crippen LogP contribution in [0.25, 0.3) is 5.69 Å². The van der Waals surface area contributed by atoms with E-state index in [2.05, 4.69) is 4.90 Å². The van der Waals surface area contributed by atoms with Crippen LogP contribution in [0.5, 0.6) is 0 Å². The third-order valence-electron chi connectivity index (χ3n) is 6.68. The molecule has 1 aliphatic rings. The average molecular weight is 419 g/mol. The highest BCUT2D eigenvalue weighted by Gasteiger charge is 2.22. The van der Waals surface area contributed by atoms with Crippen molar-refractivity contribution in [3.8, 4) is 5.69 Å². The Morgan fingerprint density at radius 1 is 1.06 bits per heavy atom. The van der Waals surface area contributed by atoms with E-state index < -0.39 is 0 Å². The van der Waals surface area contributed by atoms with Crippen LogP contribution in [0.2, 0.25) is 0 Å². The van der Waals surface area contributed by atoms with Gasteiger partial charge in [-0.25, -0.2) is 9.07 Å². The van der Waals surface area contributed by atoms with Crippen molar-refractivity contribution in [2.75, 3.05) is 13.1 Å². The van der Waals surface area contributed by atoms with Gasteiger partial charge >= 0.3 is 0 Å². The fourth-order valence-corrected chi connectivity index (χ4v) is 4.79. The first-order valence-electron chi connectivity index (χ1n) is 11.3. The third kappa shape index (κ3) is 5.01. The van der Waals surface area contributed by atoms with Crippen LogP contribution in [0, 0.1) is 11.7 Å². The van der Waals surface area contributed by atoms with Gasteiger partial charge < -0.3 is 0 Å². The molecule has 0 amide bonds. The van der Waals surface area contributed by atoms with Gasteiger partial charge in [0.2, 0.25) is 0 Å². The number of rotatable bonds is 7. The number of hydrogen-bond donors (Lipinski definition) is 0. The number of nitrogens with zero attached hydrogens (tertiary/aromatic N) is 3. The lowest BCUT2D eigenvalue weighted by Gasteiger charge is -2.32. The van der Waals surface area contributed by atoms with Crippen LogP contribution in [0.1, 0.15) is 36.9 Å². The van der Waals surface area contributed by atoms with Crippen molar-refractivity contribution in [1.82, 2.24) is 14.3 Å². The van der Waals surface area contributed by atoms with Crippen molar-refractivity contribution in [2.45, 2.75) is 38.6 Å². The molecule has 3 aromatic rings. The predicted molar refractivity (Wildman–Crippen MR) is 127 cm³/mol. The third-order valence-corrected chi connectivity index (χ3v) is 6.68. The van der Waals surface area contributed by atoms with Crippen LogP contribution in [0.4, 0.5) is 4.39 Å². The molecule has 0 radical (unpaired) electrons. The molecular weight excluding hydrogens is 388 g/mol. The zero-order chi connectivity index (χ0) is 21.8. The van der Waals surface area contributed by atoms with Gasteiger partial charge in [0.25, 0.3) is 5.56 Å². The summed E-state index contributed by atoms with van der Waals surface area (Å²) < 4.78 is 17.1. The van der Waals surface area contributed by atoms with E-state index in [0.29, 0.717) is 0 Å². The van der Waals surface area contributed by atoms with Gasteiger partial charge in [-0.1, -0.05) is 36.8 Å². The molecule has 2 heterocycles. The number of likely N-dealkylation sites (tertiary alicyclic amines) is 1. The zero-order valence-corrected chi connectivity index (χ0v) is 18.6. The molecule has 0 aliphatic carbocycles. The molecule has 0 N–H and O–H groups in total. The molecule has 1 fully saturated rings. The van der Waals surface area contributed by atoms with E-state index in [1.165, 1.54) is 25.3 Å². The van der Waals surface area contributed by atoms with Crippen LogP contribution < -0.4 is 11.0 Å². The summed E-state index contributed by atoms with van der Waals surface area (Å²) in [4.78, 5) is 15.3. The van der Waals surface area contributed by atoms with Crippen molar-refractivity contribution < 1.29 is 4.39 Å². The van der Waals surface area contributed by atoms with Crippen molar-refractivity contribution in [3.63, 3.8) is 0 Å². The second-order valence-electron chi connectivity index (χ2n) is 8.79. The SMILES string of the molecule is Bc1c(CN2CCC(CCCc3cccc(F)c3)CC2)n(C)n(-c2ccccc2)c1=O. The van der Waals surface area contributed by atoms with E-state index in [-0.39, 0.29) is 11.4 Å². The number of hydrogen-bond acceptors (Lipinski definition) is 2. The van der Waals surface area contributed by atoms with Gasteiger partial charge in [0.05, 0.1) is 5.69 Å². The molecule has 31 heavy (non-hydrogen) atoms. The van der Waals surface area contributed by atoms with Crippen LogP contribution in [-0.2, 0) is 20.0 Å². The molecule has 6 heteroatoms. The zero-order valence-electron chi connectivity index (χ0n) is 18.6. The molecule has 0 spiro atoms. The fraction of sp³-hybridized carbons (Fsp3) is 0.400. The Morgan fingerprint density at radius 3 is 2.52 bits per heavy atom. The van der Waals surface area contributed by atoms with Crippen LogP contribution in [0.15, 0.2) is 59.4 Å². The quantitative estimate of drug-likeness (QED) is 0.552. The first kappa shape index (κ1) is 21.6. The van der Waals surface area contributed by atoms with Crippen LogP contribution in [-0.4, -0.2) is 35.2 Å². The summed E-state index contributed by atoms with van der Waals surface area (Å²) >= 11 is 0. The van der Waals surface area contributed by atoms with Crippen molar-refractivity contribution in [2.24, 2.45) is 13.0 Å². The lowest BCUT2D eigenvalue weighted by molar-refractivity contribution is 0.167. The number of benzene rings is 2. The average Bonchev–Trinajstić information content (AvgIpc) is 2.99. The van der Waals surface area contributed by atoms with Crippen molar-refractivity contribution >= 4 is 13.3 Å². The minimum Gasteiger partial charge on any atom is -0.298 e. The smallest absolute Gasteiger partial charge is 0.265 e. The molecule has 1 saturated heterocycles. The highest BCUT2D eigenvalue weighted by molar-refractivity contribution is 6.32. The minimum atomic E-state index is -0.142. The molecule has 2 aromatic carbocycles. The Bertz CT molecular complexity index is 1070. The first-order valence-corrected chi connectivity index (χ1v) is 11.3. The molecule has 162 valence electrons. The van der Waals surface area contributed by atoms with E-state index in [1.807, 2.05) is 56.0 Å². The summed E-state index contributed by atoms with van der Waals surface area (Å²) in [5.41, 5.74) is 4.00. The molecule has 1 aliphatic heterocycles. The summed E-state index contributed by atoms with van der Waals surface area (Å²) in [6, 6.07) is 16.8. The van der Waals surface area contributed by atoms with Crippen molar-refractivity contribution in [1.29, 1.82) is 0 Å². The van der Waals surface area contributed by atoms with Gasteiger partial charge in [0, 0.05) is 19.3 Å². The molecule has 4 rings (SSSR count). The maximum absolute atomic E-state index is 13.3. The van der Waals surface area contributed by atoms with Gasteiger partial charge in [-0.05, 0) is 80.0 Å². The lowest BCUT2D eigenvalue weighted by atomic mass is 9.90. The normalized spacial score (nSPS) is 15.4. The summed E-state index contributed by atoms with van der Waals surface area (Å²) in [7, 11) is 3.92. The topological polar surface area (TPSA) is 30.2 Å². The molecule has 1 aromatic heterocycles. The highest BCUT2D eigenvalue weighted by Crippen LogP contribution is 2.24. The van der Waals surface area contributed by atoms with E-state index >= 15 is 0 Å². The van der Waals surface area contributed by atoms with E-state index in [1.54, 1.807) is 16.8 Å². The Hall–Kier alpha value is -2.60. The van der Waals surface area contributed by atoms with E-state index in [4.69, 9.17) is 0 Å². The maximum atomic E-state index is 13.3. The second-order valence-corrected chi connectivity index (χ2v) is 8.79. The van der Waals surface area contributed by atoms with Gasteiger partial charge in [0.1, 0.15) is 13.7 Å². The van der Waals surface area contributed by atoms with Crippen molar-refractivity contribution in [3.05, 3.63) is 82.0 Å². The van der Waals surface area contributed by atoms with Gasteiger partial charge in [-0.3, -0.25) is 14.4 Å². The Labute approximate surface area is 184 Å². The predicted octanol–water partition coefficient (Wildman–Crippen LogP) is 2.81. The number of para-hydroxylation sites is 1. The lowest BCUT2D eigenvalue weighted by Crippen LogP contribution is -2.36. The van der Waals surface area contributed by atoms with E-state index in [0.717, 1.165) is 60.8 Å². The molecule has 0 bridgehead atoms. The Kier molecular flexibility index (Phi) is 6.76. The molecule has 0 atom stereocenters. The Morgan fingerprint density at radius 2 is 1.81 bits per heavy atom. The van der Waals surface area contributed by atoms with Gasteiger partial charge in [-0.15, -0.1) is 0 Å². The summed E-state index contributed by atoms with van der Waals surface area (Å²) in [6.07, 6.45) is 5.64. The highest BCUT2D eigenvalue weighted by atomic mass is 19.1. The molecule has 0 saturated carbocycles.